The summed E-state index contributed by atoms with van der Waals surface area (Å²) in [7, 11) is -3.64. The quantitative estimate of drug-likeness (QED) is 0.795. The van der Waals surface area contributed by atoms with Crippen molar-refractivity contribution >= 4 is 21.9 Å². The number of sulfonamides is 1. The van der Waals surface area contributed by atoms with Gasteiger partial charge in [0.1, 0.15) is 0 Å². The molecule has 2 rings (SSSR count). The van der Waals surface area contributed by atoms with Gasteiger partial charge < -0.3 is 10.0 Å². The van der Waals surface area contributed by atoms with Crippen LogP contribution in [0.15, 0.2) is 35.2 Å². The van der Waals surface area contributed by atoms with Gasteiger partial charge in [0.15, 0.2) is 0 Å². The summed E-state index contributed by atoms with van der Waals surface area (Å²) in [4.78, 5) is 25.2. The molecule has 24 heavy (non-hydrogen) atoms. The molecule has 0 radical (unpaired) electrons. The number of likely N-dealkylation sites (tertiary alicyclic amines) is 1. The highest BCUT2D eigenvalue weighted by Gasteiger charge is 2.35. The first-order valence-corrected chi connectivity index (χ1v) is 9.38. The third-order valence-electron chi connectivity index (χ3n) is 4.31. The van der Waals surface area contributed by atoms with E-state index in [2.05, 4.69) is 4.72 Å². The van der Waals surface area contributed by atoms with Gasteiger partial charge in [-0.05, 0) is 31.9 Å². The van der Waals surface area contributed by atoms with Crippen molar-refractivity contribution in [2.75, 3.05) is 13.1 Å². The van der Waals surface area contributed by atoms with Gasteiger partial charge in [-0.25, -0.2) is 13.1 Å². The number of piperidine rings is 1. The molecule has 2 atom stereocenters. The summed E-state index contributed by atoms with van der Waals surface area (Å²) in [5.74, 6) is -1.70. The number of hydrogen-bond acceptors (Lipinski definition) is 4. The predicted molar refractivity (Wildman–Crippen MR) is 87.8 cm³/mol. The lowest BCUT2D eigenvalue weighted by molar-refractivity contribution is -0.149. The molecule has 1 amide bonds. The van der Waals surface area contributed by atoms with Gasteiger partial charge in [0.25, 0.3) is 0 Å². The van der Waals surface area contributed by atoms with Gasteiger partial charge in [-0.1, -0.05) is 18.2 Å². The average Bonchev–Trinajstić information content (AvgIpc) is 2.55. The van der Waals surface area contributed by atoms with Gasteiger partial charge >= 0.3 is 5.97 Å². The van der Waals surface area contributed by atoms with E-state index in [9.17, 15) is 23.1 Å². The minimum Gasteiger partial charge on any atom is -0.481 e. The predicted octanol–water partition coefficient (Wildman–Crippen LogP) is 1.07. The molecule has 0 spiro atoms. The van der Waals surface area contributed by atoms with E-state index >= 15 is 0 Å². The Hall–Kier alpha value is -1.93. The van der Waals surface area contributed by atoms with Crippen LogP contribution in [-0.4, -0.2) is 49.4 Å². The number of nitrogens with zero attached hydrogens (tertiary/aromatic N) is 1. The van der Waals surface area contributed by atoms with Gasteiger partial charge in [0.2, 0.25) is 15.9 Å². The Morgan fingerprint density at radius 1 is 1.29 bits per heavy atom. The molecule has 1 fully saturated rings. The normalized spacial score (nSPS) is 21.5. The van der Waals surface area contributed by atoms with E-state index in [0.717, 1.165) is 0 Å². The van der Waals surface area contributed by atoms with Gasteiger partial charge in [-0.3, -0.25) is 9.59 Å². The van der Waals surface area contributed by atoms with Crippen molar-refractivity contribution in [2.24, 2.45) is 5.92 Å². The van der Waals surface area contributed by atoms with E-state index in [1.807, 2.05) is 0 Å². The number of benzene rings is 1. The van der Waals surface area contributed by atoms with Crippen molar-refractivity contribution in [2.45, 2.75) is 37.1 Å². The maximum absolute atomic E-state index is 12.3. The van der Waals surface area contributed by atoms with Crippen LogP contribution in [0.2, 0.25) is 0 Å². The van der Waals surface area contributed by atoms with Gasteiger partial charge in [-0.2, -0.15) is 0 Å². The zero-order chi connectivity index (χ0) is 17.7. The molecular formula is C16H22N2O5S. The lowest BCUT2D eigenvalue weighted by Crippen LogP contribution is -2.49. The second-order valence-electron chi connectivity index (χ2n) is 5.88. The van der Waals surface area contributed by atoms with E-state index in [1.165, 1.54) is 12.1 Å². The summed E-state index contributed by atoms with van der Waals surface area (Å²) < 4.78 is 26.6. The van der Waals surface area contributed by atoms with Gasteiger partial charge in [-0.15, -0.1) is 0 Å². The molecule has 0 saturated carbocycles. The molecule has 0 aromatic heterocycles. The molecule has 1 aliphatic rings. The molecule has 7 nitrogen and oxygen atoms in total. The number of carboxylic acid groups (broad SMARTS) is 1. The van der Waals surface area contributed by atoms with Crippen molar-refractivity contribution in [3.8, 4) is 0 Å². The summed E-state index contributed by atoms with van der Waals surface area (Å²) in [6.45, 7) is 2.22. The van der Waals surface area contributed by atoms with E-state index in [4.69, 9.17) is 0 Å². The van der Waals surface area contributed by atoms with Crippen molar-refractivity contribution in [3.63, 3.8) is 0 Å². The first kappa shape index (κ1) is 18.4. The summed E-state index contributed by atoms with van der Waals surface area (Å²) in [6.07, 6.45) is 1.20. The van der Waals surface area contributed by atoms with Crippen LogP contribution in [0.3, 0.4) is 0 Å². The number of rotatable bonds is 6. The molecule has 132 valence electrons. The van der Waals surface area contributed by atoms with Crippen LogP contribution in [0.5, 0.6) is 0 Å². The summed E-state index contributed by atoms with van der Waals surface area (Å²) >= 11 is 0. The van der Waals surface area contributed by atoms with Crippen molar-refractivity contribution < 1.29 is 23.1 Å². The molecular weight excluding hydrogens is 332 g/mol. The maximum Gasteiger partial charge on any atom is 0.308 e. The Labute approximate surface area is 141 Å². The van der Waals surface area contributed by atoms with Crippen LogP contribution < -0.4 is 4.72 Å². The lowest BCUT2D eigenvalue weighted by Gasteiger charge is -2.37. The maximum atomic E-state index is 12.3. The molecule has 0 aliphatic carbocycles. The second kappa shape index (κ2) is 7.76. The zero-order valence-corrected chi connectivity index (χ0v) is 14.3. The molecule has 8 heteroatoms. The molecule has 0 unspecified atom stereocenters. The third kappa shape index (κ3) is 4.33. The fraction of sp³-hybridized carbons (Fsp3) is 0.500. The first-order valence-electron chi connectivity index (χ1n) is 7.90. The van der Waals surface area contributed by atoms with E-state index in [-0.39, 0.29) is 29.8 Å². The van der Waals surface area contributed by atoms with Crippen LogP contribution in [0.4, 0.5) is 0 Å². The molecule has 1 aliphatic heterocycles. The minimum atomic E-state index is -3.64. The van der Waals surface area contributed by atoms with Crippen LogP contribution in [0, 0.1) is 5.92 Å². The first-order chi connectivity index (χ1) is 11.3. The standard InChI is InChI=1S/C16H22N2O5S/c1-12-14(16(20)21)8-5-11-18(12)15(19)9-10-17-24(22,23)13-6-3-2-4-7-13/h2-4,6-7,12,14,17H,5,8-11H2,1H3,(H,20,21)/t12-,14-/m1/s1. The number of carboxylic acids is 1. The number of nitrogens with one attached hydrogen (secondary N) is 1. The zero-order valence-electron chi connectivity index (χ0n) is 13.5. The van der Waals surface area contributed by atoms with Crippen LogP contribution in [0.25, 0.3) is 0 Å². The Morgan fingerprint density at radius 3 is 2.58 bits per heavy atom. The van der Waals surface area contributed by atoms with E-state index in [1.54, 1.807) is 30.0 Å². The Balaban J connectivity index is 1.90. The van der Waals surface area contributed by atoms with Crippen molar-refractivity contribution in [1.29, 1.82) is 0 Å². The van der Waals surface area contributed by atoms with Crippen molar-refractivity contribution in [3.05, 3.63) is 30.3 Å². The third-order valence-corrected chi connectivity index (χ3v) is 5.79. The highest BCUT2D eigenvalue weighted by molar-refractivity contribution is 7.89. The number of aliphatic carboxylic acids is 1. The smallest absolute Gasteiger partial charge is 0.308 e. The monoisotopic (exact) mass is 354 g/mol. The molecule has 0 bridgehead atoms. The summed E-state index contributed by atoms with van der Waals surface area (Å²) in [5, 5.41) is 9.19. The molecule has 1 saturated heterocycles. The van der Waals surface area contributed by atoms with E-state index < -0.39 is 21.9 Å². The number of hydrogen-bond donors (Lipinski definition) is 2. The fourth-order valence-corrected chi connectivity index (χ4v) is 4.00. The SMILES string of the molecule is C[C@@H]1[C@H](C(=O)O)CCCN1C(=O)CCNS(=O)(=O)c1ccccc1. The highest BCUT2D eigenvalue weighted by Crippen LogP contribution is 2.24. The molecule has 1 heterocycles. The Bertz CT molecular complexity index is 690. The van der Waals surface area contributed by atoms with Gasteiger partial charge in [0.05, 0.1) is 10.8 Å². The summed E-state index contributed by atoms with van der Waals surface area (Å²) in [5.41, 5.74) is 0. The van der Waals surface area contributed by atoms with Gasteiger partial charge in [0, 0.05) is 25.6 Å². The Kier molecular flexibility index (Phi) is 5.95. The second-order valence-corrected chi connectivity index (χ2v) is 7.64. The Morgan fingerprint density at radius 2 is 1.96 bits per heavy atom. The molecule has 1 aromatic carbocycles. The topological polar surface area (TPSA) is 104 Å². The average molecular weight is 354 g/mol. The summed E-state index contributed by atoms with van der Waals surface area (Å²) in [6, 6.07) is 7.55. The van der Waals surface area contributed by atoms with Crippen LogP contribution >= 0.6 is 0 Å². The number of amides is 1. The largest absolute Gasteiger partial charge is 0.481 e. The van der Waals surface area contributed by atoms with Crippen molar-refractivity contribution in [1.82, 2.24) is 9.62 Å². The minimum absolute atomic E-state index is 0.00272. The molecule has 2 N–H and O–H groups in total. The van der Waals surface area contributed by atoms with Crippen LogP contribution in [-0.2, 0) is 19.6 Å². The molecule has 1 aromatic rings. The van der Waals surface area contributed by atoms with Crippen LogP contribution in [0.1, 0.15) is 26.2 Å². The fourth-order valence-electron chi connectivity index (χ4n) is 2.94. The number of carbonyl (C=O) groups excluding carboxylic acids is 1. The van der Waals surface area contributed by atoms with E-state index in [0.29, 0.717) is 19.4 Å². The number of carbonyl (C=O) groups is 2. The lowest BCUT2D eigenvalue weighted by atomic mass is 9.90. The highest BCUT2D eigenvalue weighted by atomic mass is 32.2.